The van der Waals surface area contributed by atoms with E-state index in [2.05, 4.69) is 16.0 Å². The van der Waals surface area contributed by atoms with Crippen molar-refractivity contribution in [2.75, 3.05) is 0 Å². The zero-order valence-electron chi connectivity index (χ0n) is 12.5. The molecule has 21 heavy (non-hydrogen) atoms. The Balaban J connectivity index is 1.91. The first-order valence-electron chi connectivity index (χ1n) is 7.37. The van der Waals surface area contributed by atoms with Crippen LogP contribution < -0.4 is 4.74 Å². The summed E-state index contributed by atoms with van der Waals surface area (Å²) in [6.45, 7) is 3.40. The van der Waals surface area contributed by atoms with E-state index in [1.807, 2.05) is 6.07 Å². The Morgan fingerprint density at radius 1 is 1.19 bits per heavy atom. The molecule has 1 N–H and O–H groups in total. The van der Waals surface area contributed by atoms with Gasteiger partial charge in [-0.1, -0.05) is 0 Å². The number of aromatic nitrogens is 2. The second-order valence-electron chi connectivity index (χ2n) is 6.00. The van der Waals surface area contributed by atoms with Crippen LogP contribution in [0.1, 0.15) is 43.6 Å². The van der Waals surface area contributed by atoms with Gasteiger partial charge in [-0.3, -0.25) is 9.97 Å². The molecule has 1 aliphatic carbocycles. The van der Waals surface area contributed by atoms with Crippen molar-refractivity contribution in [1.82, 2.24) is 9.97 Å². The monoisotopic (exact) mass is 284 g/mol. The van der Waals surface area contributed by atoms with Crippen LogP contribution >= 0.6 is 0 Å². The lowest BCUT2D eigenvalue weighted by Crippen LogP contribution is -2.18. The van der Waals surface area contributed by atoms with Gasteiger partial charge in [-0.15, -0.1) is 0 Å². The van der Waals surface area contributed by atoms with Gasteiger partial charge in [0, 0.05) is 11.9 Å². The van der Waals surface area contributed by atoms with Gasteiger partial charge in [-0.05, 0) is 63.3 Å². The molecule has 110 valence electrons. The molecule has 0 radical (unpaired) electrons. The van der Waals surface area contributed by atoms with Crippen LogP contribution in [-0.2, 0) is 18.4 Å². The highest BCUT2D eigenvalue weighted by atomic mass is 16.5. The number of aliphatic hydroxyl groups is 1. The Morgan fingerprint density at radius 2 is 2.00 bits per heavy atom. The zero-order chi connectivity index (χ0) is 14.9. The Morgan fingerprint density at radius 3 is 2.81 bits per heavy atom. The van der Waals surface area contributed by atoms with Gasteiger partial charge < -0.3 is 9.84 Å². The molecular weight excluding hydrogens is 264 g/mol. The Labute approximate surface area is 124 Å². The highest BCUT2D eigenvalue weighted by Gasteiger charge is 2.23. The van der Waals surface area contributed by atoms with Crippen molar-refractivity contribution in [2.45, 2.75) is 45.1 Å². The molecule has 0 saturated heterocycles. The second kappa shape index (κ2) is 5.45. The highest BCUT2D eigenvalue weighted by Crippen LogP contribution is 2.32. The van der Waals surface area contributed by atoms with E-state index in [4.69, 9.17) is 4.74 Å². The van der Waals surface area contributed by atoms with Crippen molar-refractivity contribution in [2.24, 2.45) is 0 Å². The maximum atomic E-state index is 10.2. The van der Waals surface area contributed by atoms with Crippen LogP contribution in [-0.4, -0.2) is 15.1 Å². The summed E-state index contributed by atoms with van der Waals surface area (Å²) in [5, 5.41) is 10.2. The Bertz CT molecular complexity index is 647. The molecule has 0 unspecified atom stereocenters. The first-order valence-corrected chi connectivity index (χ1v) is 7.37. The summed E-state index contributed by atoms with van der Waals surface area (Å²) in [6.07, 6.45) is 7.95. The summed E-state index contributed by atoms with van der Waals surface area (Å²) < 4.78 is 5.92. The van der Waals surface area contributed by atoms with E-state index in [1.54, 1.807) is 32.3 Å². The number of aryl methyl sites for hydroxylation is 2. The molecule has 1 aliphatic rings. The number of hydrogen-bond acceptors (Lipinski definition) is 4. The van der Waals surface area contributed by atoms with Gasteiger partial charge in [0.25, 0.3) is 0 Å². The van der Waals surface area contributed by atoms with Crippen LogP contribution in [0.2, 0.25) is 0 Å². The van der Waals surface area contributed by atoms with Crippen molar-refractivity contribution in [3.8, 4) is 11.5 Å². The summed E-state index contributed by atoms with van der Waals surface area (Å²) >= 11 is 0. The molecule has 4 nitrogen and oxygen atoms in total. The SMILES string of the molecule is CC(C)(O)c1ncccc1Oc1cnc2c(c1)CCCC2. The molecule has 3 rings (SSSR count). The Hall–Kier alpha value is -1.94. The van der Waals surface area contributed by atoms with Crippen molar-refractivity contribution in [1.29, 1.82) is 0 Å². The first-order chi connectivity index (χ1) is 10.0. The first kappa shape index (κ1) is 14.0. The van der Waals surface area contributed by atoms with Crippen molar-refractivity contribution >= 4 is 0 Å². The zero-order valence-corrected chi connectivity index (χ0v) is 12.5. The molecule has 2 aromatic heterocycles. The van der Waals surface area contributed by atoms with Gasteiger partial charge in [-0.25, -0.2) is 0 Å². The molecule has 0 bridgehead atoms. The fourth-order valence-electron chi connectivity index (χ4n) is 2.68. The molecule has 4 heteroatoms. The summed E-state index contributed by atoms with van der Waals surface area (Å²) in [6, 6.07) is 5.68. The third kappa shape index (κ3) is 3.05. The van der Waals surface area contributed by atoms with Gasteiger partial charge in [0.05, 0.1) is 6.20 Å². The number of pyridine rings is 2. The summed E-state index contributed by atoms with van der Waals surface area (Å²) in [4.78, 5) is 8.74. The standard InChI is InChI=1S/C17H20N2O2/c1-17(2,20)16-15(8-5-9-18-16)21-13-10-12-6-3-4-7-14(12)19-11-13/h5,8-11,20H,3-4,6-7H2,1-2H3. The van der Waals surface area contributed by atoms with E-state index in [0.29, 0.717) is 17.2 Å². The lowest BCUT2D eigenvalue weighted by Gasteiger charge is -2.20. The third-order valence-electron chi connectivity index (χ3n) is 3.72. The number of fused-ring (bicyclic) bond motifs is 1. The van der Waals surface area contributed by atoms with E-state index in [9.17, 15) is 5.11 Å². The van der Waals surface area contributed by atoms with E-state index in [1.165, 1.54) is 24.1 Å². The average Bonchev–Trinajstić information content (AvgIpc) is 2.46. The van der Waals surface area contributed by atoms with Crippen LogP contribution in [0.4, 0.5) is 0 Å². The third-order valence-corrected chi connectivity index (χ3v) is 3.72. The van der Waals surface area contributed by atoms with E-state index < -0.39 is 5.60 Å². The van der Waals surface area contributed by atoms with Crippen LogP contribution in [0.25, 0.3) is 0 Å². The maximum Gasteiger partial charge on any atom is 0.151 e. The van der Waals surface area contributed by atoms with Crippen molar-refractivity contribution < 1.29 is 9.84 Å². The summed E-state index contributed by atoms with van der Waals surface area (Å²) in [7, 11) is 0. The number of hydrogen-bond donors (Lipinski definition) is 1. The van der Waals surface area contributed by atoms with E-state index in [0.717, 1.165) is 12.8 Å². The fraction of sp³-hybridized carbons (Fsp3) is 0.412. The number of rotatable bonds is 3. The normalized spacial score (nSPS) is 14.6. The minimum absolute atomic E-state index is 0.530. The highest BCUT2D eigenvalue weighted by molar-refractivity contribution is 5.38. The molecule has 0 aromatic carbocycles. The van der Waals surface area contributed by atoms with Gasteiger partial charge in [0.2, 0.25) is 0 Å². The van der Waals surface area contributed by atoms with Gasteiger partial charge in [0.1, 0.15) is 17.0 Å². The average molecular weight is 284 g/mol. The minimum atomic E-state index is -1.04. The predicted molar refractivity (Wildman–Crippen MR) is 80.4 cm³/mol. The molecule has 2 heterocycles. The van der Waals surface area contributed by atoms with Crippen molar-refractivity contribution in [3.63, 3.8) is 0 Å². The smallest absolute Gasteiger partial charge is 0.151 e. The van der Waals surface area contributed by atoms with Crippen LogP contribution in [0, 0.1) is 0 Å². The quantitative estimate of drug-likeness (QED) is 0.938. The topological polar surface area (TPSA) is 55.2 Å². The molecular formula is C17H20N2O2. The van der Waals surface area contributed by atoms with Crippen LogP contribution in [0.3, 0.4) is 0 Å². The van der Waals surface area contributed by atoms with Crippen LogP contribution in [0.5, 0.6) is 11.5 Å². The molecule has 0 spiro atoms. The van der Waals surface area contributed by atoms with Crippen LogP contribution in [0.15, 0.2) is 30.6 Å². The van der Waals surface area contributed by atoms with Crippen molar-refractivity contribution in [3.05, 3.63) is 47.5 Å². The minimum Gasteiger partial charge on any atom is -0.454 e. The molecule has 0 atom stereocenters. The van der Waals surface area contributed by atoms with Gasteiger partial charge in [0.15, 0.2) is 5.75 Å². The number of ether oxygens (including phenoxy) is 1. The van der Waals surface area contributed by atoms with Gasteiger partial charge >= 0.3 is 0 Å². The summed E-state index contributed by atoms with van der Waals surface area (Å²) in [5.41, 5.74) is 1.94. The lowest BCUT2D eigenvalue weighted by molar-refractivity contribution is 0.0713. The van der Waals surface area contributed by atoms with E-state index >= 15 is 0 Å². The molecule has 2 aromatic rings. The number of nitrogens with zero attached hydrogens (tertiary/aromatic N) is 2. The maximum absolute atomic E-state index is 10.2. The fourth-order valence-corrected chi connectivity index (χ4v) is 2.68. The summed E-state index contributed by atoms with van der Waals surface area (Å²) in [5.74, 6) is 1.27. The largest absolute Gasteiger partial charge is 0.454 e. The molecule has 0 saturated carbocycles. The van der Waals surface area contributed by atoms with Gasteiger partial charge in [-0.2, -0.15) is 0 Å². The molecule has 0 amide bonds. The second-order valence-corrected chi connectivity index (χ2v) is 6.00. The lowest BCUT2D eigenvalue weighted by atomic mass is 9.96. The van der Waals surface area contributed by atoms with E-state index in [-0.39, 0.29) is 0 Å². The molecule has 0 aliphatic heterocycles. The Kier molecular flexibility index (Phi) is 3.64. The predicted octanol–water partition coefficient (Wildman–Crippen LogP) is 3.38. The molecule has 0 fully saturated rings.